The number of para-hydroxylation sites is 1. The number of methoxy groups -OCH3 is 1. The quantitative estimate of drug-likeness (QED) is 0.875. The molecule has 1 aliphatic heterocycles. The van der Waals surface area contributed by atoms with Crippen LogP contribution in [-0.2, 0) is 21.4 Å². The van der Waals surface area contributed by atoms with Gasteiger partial charge in [-0.05, 0) is 18.9 Å². The van der Waals surface area contributed by atoms with Crippen LogP contribution < -0.4 is 10.1 Å². The van der Waals surface area contributed by atoms with Crippen molar-refractivity contribution in [3.05, 3.63) is 29.8 Å². The smallest absolute Gasteiger partial charge is 0.224 e. The third kappa shape index (κ3) is 4.20. The van der Waals surface area contributed by atoms with Crippen molar-refractivity contribution in [1.29, 1.82) is 0 Å². The number of nitrogens with zero attached hydrogens (tertiary/aromatic N) is 1. The Balaban J connectivity index is 1.95. The molecule has 2 rings (SSSR count). The molecule has 1 N–H and O–H groups in total. The number of hydrogen-bond acceptors (Lipinski definition) is 4. The minimum absolute atomic E-state index is 0.112. The summed E-state index contributed by atoms with van der Waals surface area (Å²) in [4.78, 5) is 12.3. The first-order valence-electron chi connectivity index (χ1n) is 7.26. The van der Waals surface area contributed by atoms with Crippen molar-refractivity contribution in [1.82, 2.24) is 9.62 Å². The Morgan fingerprint density at radius 1 is 1.41 bits per heavy atom. The molecule has 0 radical (unpaired) electrons. The molecule has 1 fully saturated rings. The SMILES string of the molecule is COc1ccccc1CNC(=O)[C@@H]1CCCN(S(C)(=O)=O)C1. The second kappa shape index (κ2) is 7.11. The van der Waals surface area contributed by atoms with E-state index in [0.29, 0.717) is 25.9 Å². The maximum Gasteiger partial charge on any atom is 0.224 e. The predicted molar refractivity (Wildman–Crippen MR) is 84.0 cm³/mol. The van der Waals surface area contributed by atoms with Crippen LogP contribution in [0.4, 0.5) is 0 Å². The van der Waals surface area contributed by atoms with Gasteiger partial charge in [0.25, 0.3) is 0 Å². The summed E-state index contributed by atoms with van der Waals surface area (Å²) in [5.74, 6) is 0.321. The third-order valence-electron chi connectivity index (χ3n) is 3.87. The van der Waals surface area contributed by atoms with E-state index in [-0.39, 0.29) is 18.4 Å². The third-order valence-corrected chi connectivity index (χ3v) is 5.14. The molecule has 0 saturated carbocycles. The van der Waals surface area contributed by atoms with Gasteiger partial charge in [0.15, 0.2) is 0 Å². The van der Waals surface area contributed by atoms with Gasteiger partial charge in [-0.2, -0.15) is 0 Å². The molecule has 22 heavy (non-hydrogen) atoms. The zero-order valence-electron chi connectivity index (χ0n) is 12.9. The van der Waals surface area contributed by atoms with E-state index in [9.17, 15) is 13.2 Å². The largest absolute Gasteiger partial charge is 0.496 e. The van der Waals surface area contributed by atoms with E-state index in [1.54, 1.807) is 7.11 Å². The van der Waals surface area contributed by atoms with Gasteiger partial charge in [-0.3, -0.25) is 4.79 Å². The first-order chi connectivity index (χ1) is 10.4. The summed E-state index contributed by atoms with van der Waals surface area (Å²) in [6, 6.07) is 7.49. The Bertz CT molecular complexity index is 630. The molecule has 6 nitrogen and oxygen atoms in total. The number of hydrogen-bond donors (Lipinski definition) is 1. The normalized spacial score (nSPS) is 19.6. The van der Waals surface area contributed by atoms with E-state index >= 15 is 0 Å². The van der Waals surface area contributed by atoms with Crippen molar-refractivity contribution in [2.45, 2.75) is 19.4 Å². The molecule has 0 aromatic heterocycles. The number of sulfonamides is 1. The minimum atomic E-state index is -3.24. The number of benzene rings is 1. The van der Waals surface area contributed by atoms with Crippen molar-refractivity contribution in [3.8, 4) is 5.75 Å². The molecule has 7 heteroatoms. The average Bonchev–Trinajstić information content (AvgIpc) is 2.52. The lowest BCUT2D eigenvalue weighted by Crippen LogP contribution is -2.44. The van der Waals surface area contributed by atoms with E-state index in [1.165, 1.54) is 10.6 Å². The molecule has 1 atom stereocenters. The van der Waals surface area contributed by atoms with Crippen LogP contribution in [0, 0.1) is 5.92 Å². The lowest BCUT2D eigenvalue weighted by Gasteiger charge is -2.30. The number of ether oxygens (including phenoxy) is 1. The van der Waals surface area contributed by atoms with Crippen LogP contribution in [0.15, 0.2) is 24.3 Å². The molecule has 0 unspecified atom stereocenters. The van der Waals surface area contributed by atoms with Crippen LogP contribution in [0.2, 0.25) is 0 Å². The van der Waals surface area contributed by atoms with Crippen molar-refractivity contribution in [3.63, 3.8) is 0 Å². The fraction of sp³-hybridized carbons (Fsp3) is 0.533. The van der Waals surface area contributed by atoms with Crippen LogP contribution in [0.25, 0.3) is 0 Å². The van der Waals surface area contributed by atoms with Gasteiger partial charge in [-0.15, -0.1) is 0 Å². The molecular weight excluding hydrogens is 304 g/mol. The van der Waals surface area contributed by atoms with Gasteiger partial charge >= 0.3 is 0 Å². The van der Waals surface area contributed by atoms with Crippen molar-refractivity contribution in [2.75, 3.05) is 26.5 Å². The van der Waals surface area contributed by atoms with Gasteiger partial charge in [0, 0.05) is 25.2 Å². The van der Waals surface area contributed by atoms with Crippen molar-refractivity contribution >= 4 is 15.9 Å². The molecule has 1 aromatic rings. The van der Waals surface area contributed by atoms with Crippen LogP contribution in [-0.4, -0.2) is 45.1 Å². The lowest BCUT2D eigenvalue weighted by molar-refractivity contribution is -0.126. The fourth-order valence-corrected chi connectivity index (χ4v) is 3.54. The summed E-state index contributed by atoms with van der Waals surface area (Å²) >= 11 is 0. The van der Waals surface area contributed by atoms with Gasteiger partial charge in [0.2, 0.25) is 15.9 Å². The van der Waals surface area contributed by atoms with Crippen LogP contribution in [0.1, 0.15) is 18.4 Å². The number of amides is 1. The monoisotopic (exact) mass is 326 g/mol. The standard InChI is InChI=1S/C15H22N2O4S/c1-21-14-8-4-3-6-12(14)10-16-15(18)13-7-5-9-17(11-13)22(2,19)20/h3-4,6,8,13H,5,7,9-11H2,1-2H3,(H,16,18)/t13-/m1/s1. The lowest BCUT2D eigenvalue weighted by atomic mass is 9.98. The zero-order chi connectivity index (χ0) is 16.2. The predicted octanol–water partition coefficient (Wildman–Crippen LogP) is 0.983. The highest BCUT2D eigenvalue weighted by Gasteiger charge is 2.29. The van der Waals surface area contributed by atoms with Crippen LogP contribution in [0.3, 0.4) is 0 Å². The highest BCUT2D eigenvalue weighted by molar-refractivity contribution is 7.88. The summed E-state index contributed by atoms with van der Waals surface area (Å²) in [5, 5.41) is 2.87. The first kappa shape index (κ1) is 16.8. The van der Waals surface area contributed by atoms with E-state index in [1.807, 2.05) is 24.3 Å². The Hall–Kier alpha value is -1.60. The van der Waals surface area contributed by atoms with Gasteiger partial charge in [-0.25, -0.2) is 12.7 Å². The summed E-state index contributed by atoms with van der Waals surface area (Å²) < 4.78 is 29.8. The van der Waals surface area contributed by atoms with Crippen molar-refractivity contribution < 1.29 is 17.9 Å². The average molecular weight is 326 g/mol. The van der Waals surface area contributed by atoms with E-state index < -0.39 is 10.0 Å². The topological polar surface area (TPSA) is 75.7 Å². The number of rotatable bonds is 5. The first-order valence-corrected chi connectivity index (χ1v) is 9.11. The number of carbonyl (C=O) groups is 1. The Kier molecular flexibility index (Phi) is 5.42. The van der Waals surface area contributed by atoms with Gasteiger partial charge in [0.05, 0.1) is 19.3 Å². The Morgan fingerprint density at radius 2 is 2.14 bits per heavy atom. The second-order valence-corrected chi connectivity index (χ2v) is 7.47. The van der Waals surface area contributed by atoms with Gasteiger partial charge in [-0.1, -0.05) is 18.2 Å². The Morgan fingerprint density at radius 3 is 2.82 bits per heavy atom. The summed E-state index contributed by atoms with van der Waals surface area (Å²) in [5.41, 5.74) is 0.897. The molecule has 0 bridgehead atoms. The molecule has 0 aliphatic carbocycles. The molecule has 1 aliphatic rings. The van der Waals surface area contributed by atoms with E-state index in [2.05, 4.69) is 5.32 Å². The fourth-order valence-electron chi connectivity index (χ4n) is 2.63. The van der Waals surface area contributed by atoms with E-state index in [0.717, 1.165) is 11.3 Å². The summed E-state index contributed by atoms with van der Waals surface area (Å²) in [6.07, 6.45) is 2.60. The summed E-state index contributed by atoms with van der Waals surface area (Å²) in [6.45, 7) is 1.13. The highest BCUT2D eigenvalue weighted by Crippen LogP contribution is 2.20. The second-order valence-electron chi connectivity index (χ2n) is 5.49. The zero-order valence-corrected chi connectivity index (χ0v) is 13.7. The molecule has 1 saturated heterocycles. The molecule has 1 amide bonds. The van der Waals surface area contributed by atoms with Crippen molar-refractivity contribution in [2.24, 2.45) is 5.92 Å². The van der Waals surface area contributed by atoms with Crippen LogP contribution >= 0.6 is 0 Å². The minimum Gasteiger partial charge on any atom is -0.496 e. The molecule has 122 valence electrons. The molecular formula is C15H22N2O4S. The Labute approximate surface area is 131 Å². The van der Waals surface area contributed by atoms with Gasteiger partial charge in [0.1, 0.15) is 5.75 Å². The molecule has 1 aromatic carbocycles. The molecule has 1 heterocycles. The molecule has 0 spiro atoms. The maximum atomic E-state index is 12.3. The highest BCUT2D eigenvalue weighted by atomic mass is 32.2. The maximum absolute atomic E-state index is 12.3. The van der Waals surface area contributed by atoms with Crippen LogP contribution in [0.5, 0.6) is 5.75 Å². The number of piperidine rings is 1. The number of carbonyl (C=O) groups excluding carboxylic acids is 1. The van der Waals surface area contributed by atoms with E-state index in [4.69, 9.17) is 4.74 Å². The van der Waals surface area contributed by atoms with Gasteiger partial charge < -0.3 is 10.1 Å². The summed E-state index contributed by atoms with van der Waals surface area (Å²) in [7, 11) is -1.65. The number of nitrogens with one attached hydrogen (secondary N) is 1.